The predicted molar refractivity (Wildman–Crippen MR) is 110 cm³/mol. The second-order valence-corrected chi connectivity index (χ2v) is 9.26. The van der Waals surface area contributed by atoms with Gasteiger partial charge in [-0.1, -0.05) is 40.9 Å². The minimum Gasteiger partial charge on any atom is -0.452 e. The van der Waals surface area contributed by atoms with Gasteiger partial charge in [-0.15, -0.1) is 0 Å². The first-order valence-corrected chi connectivity index (χ1v) is 11.0. The first-order valence-electron chi connectivity index (χ1n) is 8.39. The van der Waals surface area contributed by atoms with Crippen molar-refractivity contribution in [3.05, 3.63) is 57.0 Å². The van der Waals surface area contributed by atoms with E-state index in [0.29, 0.717) is 5.02 Å². The van der Waals surface area contributed by atoms with Crippen LogP contribution in [-0.4, -0.2) is 32.9 Å². The molecule has 154 valence electrons. The van der Waals surface area contributed by atoms with E-state index in [0.717, 1.165) is 12.8 Å². The number of ether oxygens (including phenoxy) is 1. The van der Waals surface area contributed by atoms with E-state index >= 15 is 0 Å². The lowest BCUT2D eigenvalue weighted by Crippen LogP contribution is -2.26. The van der Waals surface area contributed by atoms with Crippen LogP contribution in [0.5, 0.6) is 0 Å². The molecular formula is C18H15Cl3N2O5S. The molecule has 29 heavy (non-hydrogen) atoms. The van der Waals surface area contributed by atoms with Crippen LogP contribution >= 0.6 is 34.8 Å². The van der Waals surface area contributed by atoms with Crippen LogP contribution in [0, 0.1) is 0 Å². The Morgan fingerprint density at radius 3 is 2.34 bits per heavy atom. The molecule has 0 bridgehead atoms. The minimum atomic E-state index is -3.72. The van der Waals surface area contributed by atoms with E-state index in [1.807, 2.05) is 0 Å². The van der Waals surface area contributed by atoms with Crippen molar-refractivity contribution >= 4 is 62.4 Å². The summed E-state index contributed by atoms with van der Waals surface area (Å²) in [6, 6.07) is 8.12. The van der Waals surface area contributed by atoms with Crippen LogP contribution in [0.15, 0.2) is 41.3 Å². The van der Waals surface area contributed by atoms with Crippen molar-refractivity contribution in [2.45, 2.75) is 23.8 Å². The Labute approximate surface area is 182 Å². The maximum Gasteiger partial charge on any atom is 0.338 e. The van der Waals surface area contributed by atoms with Crippen LogP contribution in [0.3, 0.4) is 0 Å². The second kappa shape index (κ2) is 8.89. The maximum atomic E-state index is 12.3. The quantitative estimate of drug-likeness (QED) is 0.589. The van der Waals surface area contributed by atoms with E-state index in [1.54, 1.807) is 0 Å². The zero-order valence-electron chi connectivity index (χ0n) is 14.7. The van der Waals surface area contributed by atoms with Crippen molar-refractivity contribution < 1.29 is 22.7 Å². The Hall–Kier alpha value is -1.84. The molecule has 0 aliphatic heterocycles. The van der Waals surface area contributed by atoms with Crippen molar-refractivity contribution in [3.63, 3.8) is 0 Å². The molecule has 2 aromatic rings. The van der Waals surface area contributed by atoms with Gasteiger partial charge in [0.1, 0.15) is 0 Å². The zero-order chi connectivity index (χ0) is 21.2. The van der Waals surface area contributed by atoms with E-state index in [-0.39, 0.29) is 32.2 Å². The first kappa shape index (κ1) is 21.9. The molecule has 7 nitrogen and oxygen atoms in total. The molecule has 11 heteroatoms. The highest BCUT2D eigenvalue weighted by Gasteiger charge is 2.28. The summed E-state index contributed by atoms with van der Waals surface area (Å²) in [5.74, 6) is -1.53. The fourth-order valence-corrected chi connectivity index (χ4v) is 4.59. The summed E-state index contributed by atoms with van der Waals surface area (Å²) in [6.45, 7) is -0.620. The number of hydrogen-bond donors (Lipinski definition) is 2. The van der Waals surface area contributed by atoms with Crippen molar-refractivity contribution in [2.75, 3.05) is 11.9 Å². The van der Waals surface area contributed by atoms with Gasteiger partial charge in [-0.25, -0.2) is 17.9 Å². The van der Waals surface area contributed by atoms with Crippen LogP contribution in [0.4, 0.5) is 5.69 Å². The average Bonchev–Trinajstić information content (AvgIpc) is 3.46. The van der Waals surface area contributed by atoms with Gasteiger partial charge in [-0.05, 0) is 43.2 Å². The molecule has 3 rings (SSSR count). The molecule has 0 aromatic heterocycles. The van der Waals surface area contributed by atoms with Crippen LogP contribution in [0.25, 0.3) is 0 Å². The molecule has 0 unspecified atom stereocenters. The molecule has 0 radical (unpaired) electrons. The summed E-state index contributed by atoms with van der Waals surface area (Å²) in [4.78, 5) is 24.2. The van der Waals surface area contributed by atoms with Crippen LogP contribution in [0.2, 0.25) is 15.1 Å². The van der Waals surface area contributed by atoms with E-state index in [4.69, 9.17) is 39.5 Å². The lowest BCUT2D eigenvalue weighted by Gasteiger charge is -2.11. The molecule has 0 spiro atoms. The molecule has 0 heterocycles. The third kappa shape index (κ3) is 5.83. The van der Waals surface area contributed by atoms with Gasteiger partial charge in [0.25, 0.3) is 5.91 Å². The summed E-state index contributed by atoms with van der Waals surface area (Å²) in [6.07, 6.45) is 1.58. The van der Waals surface area contributed by atoms with Gasteiger partial charge in [-0.2, -0.15) is 0 Å². The van der Waals surface area contributed by atoms with E-state index in [9.17, 15) is 18.0 Å². The minimum absolute atomic E-state index is 0.000898. The number of nitrogens with one attached hydrogen (secondary N) is 2. The number of rotatable bonds is 7. The van der Waals surface area contributed by atoms with Gasteiger partial charge in [0.05, 0.1) is 26.2 Å². The van der Waals surface area contributed by atoms with Crippen LogP contribution < -0.4 is 10.0 Å². The van der Waals surface area contributed by atoms with Crippen molar-refractivity contribution in [1.82, 2.24) is 4.72 Å². The number of amides is 1. The summed E-state index contributed by atoms with van der Waals surface area (Å²) >= 11 is 17.8. The number of carbonyl (C=O) groups excluding carboxylic acids is 2. The fraction of sp³-hybridized carbons (Fsp3) is 0.222. The van der Waals surface area contributed by atoms with Gasteiger partial charge in [0, 0.05) is 11.1 Å². The SMILES string of the molecule is O=C(COC(=O)c1cccc(S(=O)(=O)NC2CC2)c1)Nc1c(Cl)cc(Cl)cc1Cl. The van der Waals surface area contributed by atoms with Crippen molar-refractivity contribution in [2.24, 2.45) is 0 Å². The molecule has 0 atom stereocenters. The molecule has 1 aliphatic rings. The number of benzene rings is 2. The van der Waals surface area contributed by atoms with E-state index in [1.165, 1.54) is 36.4 Å². The monoisotopic (exact) mass is 476 g/mol. The Kier molecular flexibility index (Phi) is 6.70. The van der Waals surface area contributed by atoms with Gasteiger partial charge in [0.2, 0.25) is 10.0 Å². The largest absolute Gasteiger partial charge is 0.452 e. The van der Waals surface area contributed by atoms with Gasteiger partial charge >= 0.3 is 5.97 Å². The van der Waals surface area contributed by atoms with Crippen LogP contribution in [-0.2, 0) is 19.6 Å². The maximum absolute atomic E-state index is 12.3. The number of anilines is 1. The number of carbonyl (C=O) groups is 2. The molecule has 1 fully saturated rings. The smallest absolute Gasteiger partial charge is 0.338 e. The van der Waals surface area contributed by atoms with Gasteiger partial charge in [0.15, 0.2) is 6.61 Å². The first-order chi connectivity index (χ1) is 13.7. The Bertz CT molecular complexity index is 1050. The molecule has 1 saturated carbocycles. The molecule has 0 saturated heterocycles. The standard InChI is InChI=1S/C18H15Cl3N2O5S/c19-11-7-14(20)17(15(21)8-11)22-16(24)9-28-18(25)10-2-1-3-13(6-10)29(26,27)23-12-4-5-12/h1-3,6-8,12,23H,4-5,9H2,(H,22,24). The Morgan fingerprint density at radius 1 is 1.07 bits per heavy atom. The van der Waals surface area contributed by atoms with E-state index < -0.39 is 28.5 Å². The molecule has 1 amide bonds. The lowest BCUT2D eigenvalue weighted by molar-refractivity contribution is -0.119. The summed E-state index contributed by atoms with van der Waals surface area (Å²) < 4.78 is 32.0. The van der Waals surface area contributed by atoms with Crippen molar-refractivity contribution in [1.29, 1.82) is 0 Å². The third-order valence-corrected chi connectivity index (χ3v) is 6.22. The van der Waals surface area contributed by atoms with Gasteiger partial charge in [-0.3, -0.25) is 4.79 Å². The lowest BCUT2D eigenvalue weighted by atomic mass is 10.2. The second-order valence-electron chi connectivity index (χ2n) is 6.29. The summed E-state index contributed by atoms with van der Waals surface area (Å²) in [7, 11) is -3.72. The molecular weight excluding hydrogens is 463 g/mol. The summed E-state index contributed by atoms with van der Waals surface area (Å²) in [5, 5.41) is 2.99. The van der Waals surface area contributed by atoms with E-state index in [2.05, 4.69) is 10.0 Å². The normalized spacial score (nSPS) is 13.8. The van der Waals surface area contributed by atoms with Gasteiger partial charge < -0.3 is 10.1 Å². The Morgan fingerprint density at radius 2 is 1.72 bits per heavy atom. The topological polar surface area (TPSA) is 102 Å². The number of esters is 1. The number of halogens is 3. The molecule has 2 aromatic carbocycles. The average molecular weight is 478 g/mol. The molecule has 2 N–H and O–H groups in total. The number of sulfonamides is 1. The molecule has 1 aliphatic carbocycles. The highest BCUT2D eigenvalue weighted by atomic mass is 35.5. The summed E-state index contributed by atoms with van der Waals surface area (Å²) in [5.41, 5.74) is 0.136. The third-order valence-electron chi connectivity index (χ3n) is 3.88. The predicted octanol–water partition coefficient (Wildman–Crippen LogP) is 3.88. The van der Waals surface area contributed by atoms with Crippen molar-refractivity contribution in [3.8, 4) is 0 Å². The Balaban J connectivity index is 1.62. The number of hydrogen-bond acceptors (Lipinski definition) is 5. The highest BCUT2D eigenvalue weighted by molar-refractivity contribution is 7.89. The highest BCUT2D eigenvalue weighted by Crippen LogP contribution is 2.33. The van der Waals surface area contributed by atoms with Crippen LogP contribution in [0.1, 0.15) is 23.2 Å². The zero-order valence-corrected chi connectivity index (χ0v) is 17.8. The fourth-order valence-electron chi connectivity index (χ4n) is 2.33.